The van der Waals surface area contributed by atoms with Crippen molar-refractivity contribution in [1.82, 2.24) is 5.32 Å². The molecule has 0 bridgehead atoms. The molecule has 1 fully saturated rings. The second-order valence-corrected chi connectivity index (χ2v) is 4.77. The van der Waals surface area contributed by atoms with Gasteiger partial charge in [0.2, 0.25) is 0 Å². The molecule has 1 saturated heterocycles. The fourth-order valence-electron chi connectivity index (χ4n) is 2.06. The molecule has 1 aliphatic heterocycles. The van der Waals surface area contributed by atoms with Crippen LogP contribution in [0.1, 0.15) is 20.8 Å². The minimum atomic E-state index is -1.17. The van der Waals surface area contributed by atoms with E-state index >= 15 is 0 Å². The highest BCUT2D eigenvalue weighted by atomic mass is 16.7. The van der Waals surface area contributed by atoms with Crippen molar-refractivity contribution < 1.29 is 38.1 Å². The third kappa shape index (κ3) is 5.83. The van der Waals surface area contributed by atoms with Crippen LogP contribution in [-0.2, 0) is 33.3 Å². The molecule has 0 aromatic rings. The fraction of sp³-hybridized carbons (Fsp3) is 0.615. The van der Waals surface area contributed by atoms with E-state index in [4.69, 9.17) is 24.7 Å². The maximum atomic E-state index is 11.5. The van der Waals surface area contributed by atoms with Crippen LogP contribution in [0.15, 0.2) is 4.99 Å². The topological polar surface area (TPSA) is 156 Å². The van der Waals surface area contributed by atoms with E-state index in [-0.39, 0.29) is 6.61 Å². The van der Waals surface area contributed by atoms with Crippen LogP contribution in [0, 0.1) is 0 Å². The van der Waals surface area contributed by atoms with E-state index in [1.165, 1.54) is 6.92 Å². The zero-order chi connectivity index (χ0) is 18.3. The van der Waals surface area contributed by atoms with Gasteiger partial charge in [-0.2, -0.15) is 4.99 Å². The average molecular weight is 345 g/mol. The van der Waals surface area contributed by atoms with Crippen LogP contribution in [0.3, 0.4) is 0 Å². The summed E-state index contributed by atoms with van der Waals surface area (Å²) in [5.41, 5.74) is 5.02. The van der Waals surface area contributed by atoms with E-state index in [9.17, 15) is 19.2 Å². The van der Waals surface area contributed by atoms with Crippen LogP contribution in [0.2, 0.25) is 0 Å². The molecular weight excluding hydrogens is 326 g/mol. The average Bonchev–Trinajstić information content (AvgIpc) is 2.73. The van der Waals surface area contributed by atoms with Gasteiger partial charge in [0.25, 0.3) is 0 Å². The fourth-order valence-corrected chi connectivity index (χ4v) is 2.06. The molecule has 11 heteroatoms. The highest BCUT2D eigenvalue weighted by Crippen LogP contribution is 2.26. The van der Waals surface area contributed by atoms with E-state index in [0.717, 1.165) is 20.2 Å². The number of carbonyl (C=O) groups is 4. The second-order valence-electron chi connectivity index (χ2n) is 4.77. The quantitative estimate of drug-likeness (QED) is 0.271. The van der Waals surface area contributed by atoms with Gasteiger partial charge in [-0.05, 0) is 0 Å². The predicted octanol–water partition coefficient (Wildman–Crippen LogP) is -1.17. The normalized spacial score (nSPS) is 26.0. The molecule has 134 valence electrons. The highest BCUT2D eigenvalue weighted by Gasteiger charge is 2.50. The van der Waals surface area contributed by atoms with Crippen molar-refractivity contribution >= 4 is 30.3 Å². The number of rotatable bonds is 5. The molecule has 0 aromatic carbocycles. The van der Waals surface area contributed by atoms with Crippen molar-refractivity contribution in [2.45, 2.75) is 45.3 Å². The first-order valence-electron chi connectivity index (χ1n) is 6.92. The lowest BCUT2D eigenvalue weighted by Crippen LogP contribution is -2.46. The molecule has 0 aromatic heterocycles. The largest absolute Gasteiger partial charge is 0.463 e. The Kier molecular flexibility index (Phi) is 7.11. The molecule has 0 spiro atoms. The summed E-state index contributed by atoms with van der Waals surface area (Å²) >= 11 is 0. The molecule has 24 heavy (non-hydrogen) atoms. The van der Waals surface area contributed by atoms with Gasteiger partial charge in [-0.25, -0.2) is 4.79 Å². The van der Waals surface area contributed by atoms with Gasteiger partial charge < -0.3 is 30.0 Å². The first-order valence-corrected chi connectivity index (χ1v) is 6.92. The minimum Gasteiger partial charge on any atom is -0.463 e. The summed E-state index contributed by atoms with van der Waals surface area (Å²) < 4.78 is 20.5. The predicted molar refractivity (Wildman–Crippen MR) is 77.6 cm³/mol. The van der Waals surface area contributed by atoms with E-state index < -0.39 is 48.5 Å². The first kappa shape index (κ1) is 19.4. The van der Waals surface area contributed by atoms with Crippen LogP contribution in [-0.4, -0.2) is 61.4 Å². The summed E-state index contributed by atoms with van der Waals surface area (Å²) in [4.78, 5) is 48.4. The number of carbonyl (C=O) groups excluding carboxylic acids is 4. The molecule has 3 N–H and O–H groups in total. The first-order chi connectivity index (χ1) is 11.2. The van der Waals surface area contributed by atoms with Crippen molar-refractivity contribution in [2.24, 2.45) is 10.7 Å². The minimum absolute atomic E-state index is 0.266. The summed E-state index contributed by atoms with van der Waals surface area (Å²) in [6.45, 7) is 3.21. The molecule has 0 radical (unpaired) electrons. The van der Waals surface area contributed by atoms with Crippen molar-refractivity contribution in [1.29, 1.82) is 0 Å². The number of esters is 3. The molecular formula is C13H19N3O8. The number of nitrogens with zero attached hydrogens (tertiary/aromatic N) is 1. The lowest BCUT2D eigenvalue weighted by Gasteiger charge is -2.23. The third-order valence-corrected chi connectivity index (χ3v) is 2.82. The molecule has 4 atom stereocenters. The Balaban J connectivity index is 2.98. The zero-order valence-corrected chi connectivity index (χ0v) is 13.4. The molecule has 0 saturated carbocycles. The van der Waals surface area contributed by atoms with Gasteiger partial charge >= 0.3 is 23.9 Å². The molecule has 1 aliphatic rings. The highest BCUT2D eigenvalue weighted by molar-refractivity contribution is 5.82. The summed E-state index contributed by atoms with van der Waals surface area (Å²) in [7, 11) is 0. The molecule has 0 aliphatic carbocycles. The van der Waals surface area contributed by atoms with Gasteiger partial charge in [-0.3, -0.25) is 14.4 Å². The molecule has 1 rings (SSSR count). The maximum absolute atomic E-state index is 11.5. The maximum Gasteiger partial charge on any atom is 0.344 e. The number of amides is 2. The van der Waals surface area contributed by atoms with Gasteiger partial charge in [-0.15, -0.1) is 0 Å². The van der Waals surface area contributed by atoms with Crippen molar-refractivity contribution in [3.63, 3.8) is 0 Å². The molecule has 11 nitrogen and oxygen atoms in total. The molecule has 1 unspecified atom stereocenters. The van der Waals surface area contributed by atoms with Crippen molar-refractivity contribution in [2.75, 3.05) is 6.61 Å². The lowest BCUT2D eigenvalue weighted by molar-refractivity contribution is -0.165. The summed E-state index contributed by atoms with van der Waals surface area (Å²) in [6.07, 6.45) is -3.59. The van der Waals surface area contributed by atoms with Gasteiger partial charge in [-0.1, -0.05) is 0 Å². The van der Waals surface area contributed by atoms with Gasteiger partial charge in [0, 0.05) is 20.8 Å². The number of nitrogens with one attached hydrogen (secondary N) is 1. The van der Waals surface area contributed by atoms with E-state index in [1.54, 1.807) is 0 Å². The summed E-state index contributed by atoms with van der Waals surface area (Å²) in [5.74, 6) is -1.93. The SMILES string of the molecule is CC(=O)OC[C@H]1O[C@H](NC(=O)N=CN)C(OC(C)=O)[C@H]1OC(C)=O. The van der Waals surface area contributed by atoms with E-state index in [0.29, 0.717) is 0 Å². The van der Waals surface area contributed by atoms with Gasteiger partial charge in [0.05, 0.1) is 6.34 Å². The van der Waals surface area contributed by atoms with Gasteiger partial charge in [0.1, 0.15) is 12.7 Å². The summed E-state index contributed by atoms with van der Waals surface area (Å²) in [6, 6.07) is -0.852. The number of nitrogens with two attached hydrogens (primary N) is 1. The Morgan fingerprint density at radius 1 is 1.08 bits per heavy atom. The molecule has 1 heterocycles. The van der Waals surface area contributed by atoms with Crippen LogP contribution in [0.25, 0.3) is 0 Å². The zero-order valence-electron chi connectivity index (χ0n) is 13.4. The Bertz CT molecular complexity index is 535. The lowest BCUT2D eigenvalue weighted by atomic mass is 10.1. The monoisotopic (exact) mass is 345 g/mol. The van der Waals surface area contributed by atoms with Gasteiger partial charge in [0.15, 0.2) is 18.4 Å². The van der Waals surface area contributed by atoms with Crippen LogP contribution in [0.5, 0.6) is 0 Å². The number of hydrogen-bond donors (Lipinski definition) is 2. The van der Waals surface area contributed by atoms with E-state index in [1.807, 2.05) is 0 Å². The number of urea groups is 1. The standard InChI is InChI=1S/C13H19N3O8/c1-6(17)21-4-9-10(22-7(2)18)11(23-8(3)19)12(24-9)16-13(20)15-5-14/h5,9-12H,4H2,1-3H3,(H3,14,15,16,20)/t9-,10+,11?,12+/m1/s1. The smallest absolute Gasteiger partial charge is 0.344 e. The Morgan fingerprint density at radius 3 is 2.17 bits per heavy atom. The van der Waals surface area contributed by atoms with Crippen LogP contribution < -0.4 is 11.1 Å². The Labute approximate surface area is 137 Å². The summed E-state index contributed by atoms with van der Waals surface area (Å²) in [5, 5.41) is 2.31. The number of ether oxygens (including phenoxy) is 4. The van der Waals surface area contributed by atoms with Crippen molar-refractivity contribution in [3.05, 3.63) is 0 Å². The number of aliphatic imine (C=N–C) groups is 1. The molecule has 2 amide bonds. The van der Waals surface area contributed by atoms with E-state index in [2.05, 4.69) is 10.3 Å². The van der Waals surface area contributed by atoms with Crippen LogP contribution in [0.4, 0.5) is 4.79 Å². The number of hydrogen-bond acceptors (Lipinski definition) is 8. The Hall–Kier alpha value is -2.69. The Morgan fingerprint density at radius 2 is 1.67 bits per heavy atom. The second kappa shape index (κ2) is 8.82. The van der Waals surface area contributed by atoms with Crippen molar-refractivity contribution in [3.8, 4) is 0 Å². The third-order valence-electron chi connectivity index (χ3n) is 2.82. The van der Waals surface area contributed by atoms with Crippen LogP contribution >= 0.6 is 0 Å².